The van der Waals surface area contributed by atoms with E-state index in [9.17, 15) is 49.8 Å². The van der Waals surface area contributed by atoms with Crippen LogP contribution in [0.2, 0.25) is 0 Å². The van der Waals surface area contributed by atoms with Gasteiger partial charge in [0.15, 0.2) is 0 Å². The molecule has 0 saturated carbocycles. The molecule has 0 radical (unpaired) electrons. The van der Waals surface area contributed by atoms with Crippen molar-refractivity contribution in [2.45, 2.75) is 37.4 Å². The molecular formula is C22H51N4Na6O29Yb2-5. The van der Waals surface area contributed by atoms with Crippen molar-refractivity contribution in [3.05, 3.63) is 0 Å². The van der Waals surface area contributed by atoms with Gasteiger partial charge >= 0.3 is 295 Å². The summed E-state index contributed by atoms with van der Waals surface area (Å²) in [6, 6.07) is 0. The fourth-order valence-electron chi connectivity index (χ4n) is 3.77. The Kier molecular flexibility index (Phi) is 186. The van der Waals surface area contributed by atoms with E-state index in [2.05, 4.69) is 0 Å². The minimum atomic E-state index is -2.03. The Morgan fingerprint density at radius 3 is 0.556 bits per heavy atom. The molecule has 0 aromatic carbocycles. The quantitative estimate of drug-likeness (QED) is 0.0317. The van der Waals surface area contributed by atoms with E-state index >= 15 is 0 Å². The smallest absolute Gasteiger partial charge is 0.870 e. The van der Waals surface area contributed by atoms with Crippen LogP contribution >= 0.6 is 0 Å². The number of aliphatic hydroxyl groups is 6. The molecule has 21 N–H and O–H groups in total. The summed E-state index contributed by atoms with van der Waals surface area (Å²) in [7, 11) is 0. The first-order valence-corrected chi connectivity index (χ1v) is 12.7. The molecule has 0 aromatic heterocycles. The van der Waals surface area contributed by atoms with Crippen LogP contribution in [0.3, 0.4) is 0 Å². The number of aliphatic carboxylic acids is 4. The Bertz CT molecular complexity index is 770. The molecule has 41 heteroatoms. The van der Waals surface area contributed by atoms with E-state index in [1.54, 1.807) is 0 Å². The van der Waals surface area contributed by atoms with Crippen LogP contribution in [0.4, 0.5) is 0 Å². The number of carboxylic acids is 4. The Morgan fingerprint density at radius 2 is 0.444 bits per heavy atom. The summed E-state index contributed by atoms with van der Waals surface area (Å²) in [6.07, 6.45) is -10.7. The number of hydrogen-bond acceptors (Lipinski definition) is 29. The van der Waals surface area contributed by atoms with Crippen LogP contribution in [-0.2, 0) is 19.2 Å². The Labute approximate surface area is 570 Å². The maximum Gasteiger partial charge on any atom is 2.00 e. The van der Waals surface area contributed by atoms with E-state index in [4.69, 9.17) is 40.9 Å². The number of hydrogen-bond donors (Lipinski definition) is 10. The first-order valence-electron chi connectivity index (χ1n) is 12.7. The van der Waals surface area contributed by atoms with Gasteiger partial charge in [0.2, 0.25) is 0 Å². The SMILES string of the molecule is O=C(O)CN(CC(=O)O)CC(O)CN(CC(=O)O)CC(=O)O.[Na+].[Na+].[Na+].[Na+].[Na+].[Na+].[O-]C(O)CN(CC([O-])O)CC(O)CN(CC([O-])O)CC([O-])O.[OH-].[OH-].[OH-].[OH-].[OH-].[OH-].[OH-].[OH-].[OH-].[OH-].[OH-].[Yb+2].[Yb+2]. The summed E-state index contributed by atoms with van der Waals surface area (Å²) >= 11 is 0. The summed E-state index contributed by atoms with van der Waals surface area (Å²) in [5.41, 5.74) is 0. The number of rotatable bonds is 24. The van der Waals surface area contributed by atoms with Crippen LogP contribution in [0.5, 0.6) is 0 Å². The summed E-state index contributed by atoms with van der Waals surface area (Å²) in [5, 5.41) is 132. The Hall–Kier alpha value is 5.92. The van der Waals surface area contributed by atoms with Gasteiger partial charge in [0, 0.05) is 52.4 Å². The van der Waals surface area contributed by atoms with Crippen molar-refractivity contribution in [2.24, 2.45) is 0 Å². The third kappa shape index (κ3) is 102. The van der Waals surface area contributed by atoms with E-state index in [0.717, 1.165) is 19.6 Å². The van der Waals surface area contributed by atoms with Crippen LogP contribution in [0.25, 0.3) is 0 Å². The fraction of sp³-hybridized carbons (Fsp3) is 0.818. The normalized spacial score (nSPS) is 10.6. The maximum atomic E-state index is 10.7. The molecule has 0 aliphatic heterocycles. The maximum absolute atomic E-state index is 10.7. The summed E-state index contributed by atoms with van der Waals surface area (Å²) in [5.74, 6) is -5.16. The number of aliphatic hydroxyl groups excluding tert-OH is 6. The molecule has 0 heterocycles. The van der Waals surface area contributed by atoms with Crippen LogP contribution in [-0.4, -0.2) is 271 Å². The van der Waals surface area contributed by atoms with Crippen molar-refractivity contribution >= 4 is 23.9 Å². The average Bonchev–Trinajstić information content (AvgIpc) is 2.75. The first kappa shape index (κ1) is 138. The number of nitrogens with zero attached hydrogens (tertiary/aromatic N) is 4. The minimum absolute atomic E-state index is 0. The van der Waals surface area contributed by atoms with Crippen LogP contribution in [0, 0.1) is 93.8 Å². The molecule has 0 amide bonds. The molecule has 4 unspecified atom stereocenters. The van der Waals surface area contributed by atoms with Crippen molar-refractivity contribution in [1.29, 1.82) is 0 Å². The fourth-order valence-corrected chi connectivity index (χ4v) is 3.77. The molecular weight excluding hydrogens is 1270 g/mol. The Morgan fingerprint density at radius 1 is 0.317 bits per heavy atom. The Balaban J connectivity index is -0.0000000226. The molecule has 0 aliphatic carbocycles. The standard InChI is InChI=1S/C11H22N2O9.C11H18N2O9.6Na.11H2O.2Yb/c2*14-7(1-12(3-8(15)16)4-9(17)18)2-13(5-10(19)20)6-11(21)22;;;;;;;;;;;;;;;;;;;/h7-11,14-15,17,19,21H,1-6H2;7,14H,1-6H2,(H,15,16)(H,17,18)(H,19,20)(H,21,22);;;;;;;11*1H2;;/q-4;;6*+1;;;;;;;;;;;;2*+2/p-11. The van der Waals surface area contributed by atoms with E-state index < -0.39 is 114 Å². The number of carboxylic acid groups (broad SMARTS) is 4. The summed E-state index contributed by atoms with van der Waals surface area (Å²) < 4.78 is 0. The molecule has 63 heavy (non-hydrogen) atoms. The third-order valence-corrected chi connectivity index (χ3v) is 4.97. The molecule has 4 atom stereocenters. The zero-order valence-electron chi connectivity index (χ0n) is 34.9. The van der Waals surface area contributed by atoms with Crippen molar-refractivity contribution in [2.75, 3.05) is 78.5 Å². The minimum Gasteiger partial charge on any atom is -0.870 e. The van der Waals surface area contributed by atoms with Gasteiger partial charge in [-0.05, 0) is 25.2 Å². The third-order valence-electron chi connectivity index (χ3n) is 4.97. The van der Waals surface area contributed by atoms with E-state index in [1.807, 2.05) is 0 Å². The predicted molar refractivity (Wildman–Crippen MR) is 154 cm³/mol. The van der Waals surface area contributed by atoms with Crippen LogP contribution in [0.1, 0.15) is 0 Å². The monoisotopic (exact) mass is 1320 g/mol. The van der Waals surface area contributed by atoms with E-state index in [-0.39, 0.29) is 358 Å². The molecule has 0 aromatic rings. The molecule has 372 valence electrons. The van der Waals surface area contributed by atoms with Gasteiger partial charge in [-0.1, -0.05) is 0 Å². The van der Waals surface area contributed by atoms with Crippen molar-refractivity contribution in [3.8, 4) is 0 Å². The van der Waals surface area contributed by atoms with E-state index in [0.29, 0.717) is 0 Å². The van der Waals surface area contributed by atoms with Crippen molar-refractivity contribution in [3.63, 3.8) is 0 Å². The zero-order chi connectivity index (χ0) is 34.6. The molecule has 0 spiro atoms. The van der Waals surface area contributed by atoms with Crippen molar-refractivity contribution < 1.29 is 422 Å². The molecule has 0 fully saturated rings. The molecule has 0 saturated heterocycles. The van der Waals surface area contributed by atoms with Gasteiger partial charge in [0.05, 0.1) is 38.4 Å². The second kappa shape index (κ2) is 84.7. The zero-order valence-corrected chi connectivity index (χ0v) is 50.4. The molecule has 0 rings (SSSR count). The first-order chi connectivity index (χ1) is 20.2. The van der Waals surface area contributed by atoms with Gasteiger partial charge < -0.3 is 132 Å². The number of carbonyl (C=O) groups is 4. The topological polar surface area (TPSA) is 706 Å². The van der Waals surface area contributed by atoms with Gasteiger partial charge in [-0.25, -0.2) is 0 Å². The van der Waals surface area contributed by atoms with Crippen LogP contribution in [0.15, 0.2) is 0 Å². The average molecular weight is 1320 g/mol. The predicted octanol–water partition coefficient (Wildman–Crippen LogP) is -31.0. The van der Waals surface area contributed by atoms with Gasteiger partial charge in [0.25, 0.3) is 0 Å². The van der Waals surface area contributed by atoms with Gasteiger partial charge in [-0.2, -0.15) is 0 Å². The second-order valence-corrected chi connectivity index (χ2v) is 9.48. The van der Waals surface area contributed by atoms with Crippen LogP contribution < -0.4 is 198 Å². The molecule has 0 bridgehead atoms. The van der Waals surface area contributed by atoms with Gasteiger partial charge in [-0.3, -0.25) is 38.8 Å². The van der Waals surface area contributed by atoms with E-state index in [1.165, 1.54) is 0 Å². The molecule has 33 nitrogen and oxygen atoms in total. The summed E-state index contributed by atoms with van der Waals surface area (Å²) in [4.78, 5) is 46.3. The van der Waals surface area contributed by atoms with Gasteiger partial charge in [-0.15, -0.1) is 0 Å². The molecule has 0 aliphatic rings. The largest absolute Gasteiger partial charge is 2.00 e. The van der Waals surface area contributed by atoms with Crippen molar-refractivity contribution in [1.82, 2.24) is 19.6 Å². The van der Waals surface area contributed by atoms with Gasteiger partial charge in [0.1, 0.15) is 0 Å². The second-order valence-electron chi connectivity index (χ2n) is 9.48. The summed E-state index contributed by atoms with van der Waals surface area (Å²) in [6.45, 7) is -5.82.